The highest BCUT2D eigenvalue weighted by molar-refractivity contribution is 5.49. The van der Waals surface area contributed by atoms with Crippen LogP contribution in [0.4, 0.5) is 0 Å². The minimum Gasteiger partial charge on any atom is -0.303 e. The van der Waals surface area contributed by atoms with E-state index in [0.29, 0.717) is 5.92 Å². The Balaban J connectivity index is 2.39. The van der Waals surface area contributed by atoms with Crippen molar-refractivity contribution in [3.63, 3.8) is 0 Å². The van der Waals surface area contributed by atoms with Gasteiger partial charge in [0.05, 0.1) is 0 Å². The molecule has 0 bridgehead atoms. The molecule has 0 saturated heterocycles. The van der Waals surface area contributed by atoms with E-state index < -0.39 is 0 Å². The molecule has 11 heavy (non-hydrogen) atoms. The number of carbonyl (C=O) groups excluding carboxylic acids is 1. The van der Waals surface area contributed by atoms with Crippen LogP contribution in [0.5, 0.6) is 0 Å². The van der Waals surface area contributed by atoms with Gasteiger partial charge in [0.25, 0.3) is 0 Å². The summed E-state index contributed by atoms with van der Waals surface area (Å²) in [5.41, 5.74) is 1.54. The van der Waals surface area contributed by atoms with Crippen LogP contribution in [0.1, 0.15) is 39.0 Å². The predicted octanol–water partition coefficient (Wildman–Crippen LogP) is 2.71. The molecule has 0 radical (unpaired) electrons. The number of rotatable bonds is 3. The first kappa shape index (κ1) is 8.51. The van der Waals surface area contributed by atoms with Gasteiger partial charge in [-0.3, -0.25) is 0 Å². The lowest BCUT2D eigenvalue weighted by Crippen LogP contribution is -2.06. The Kier molecular flexibility index (Phi) is 3.34. The first-order valence-electron chi connectivity index (χ1n) is 4.48. The Morgan fingerprint density at radius 1 is 1.73 bits per heavy atom. The quantitative estimate of drug-likeness (QED) is 0.449. The van der Waals surface area contributed by atoms with E-state index in [1.807, 2.05) is 0 Å². The standard InChI is InChI=1S/C10H16O/c1-2-9-4-3-5-10(8-9)6-7-11/h4,7,10H,2-3,5-6,8H2,1H3. The van der Waals surface area contributed by atoms with Crippen LogP contribution in [0.3, 0.4) is 0 Å². The minimum absolute atomic E-state index is 0.646. The van der Waals surface area contributed by atoms with Crippen molar-refractivity contribution in [2.24, 2.45) is 5.92 Å². The van der Waals surface area contributed by atoms with Crippen LogP contribution in [0.15, 0.2) is 11.6 Å². The fourth-order valence-corrected chi connectivity index (χ4v) is 1.71. The summed E-state index contributed by atoms with van der Waals surface area (Å²) in [7, 11) is 0. The average molecular weight is 152 g/mol. The number of allylic oxidation sites excluding steroid dienone is 2. The van der Waals surface area contributed by atoms with E-state index >= 15 is 0 Å². The van der Waals surface area contributed by atoms with Crippen LogP contribution in [-0.4, -0.2) is 6.29 Å². The number of aldehydes is 1. The molecule has 0 aromatic carbocycles. The Morgan fingerprint density at radius 3 is 3.18 bits per heavy atom. The molecule has 1 atom stereocenters. The van der Waals surface area contributed by atoms with E-state index in [-0.39, 0.29) is 0 Å². The second-order valence-corrected chi connectivity index (χ2v) is 3.27. The average Bonchev–Trinajstić information content (AvgIpc) is 2.06. The van der Waals surface area contributed by atoms with Gasteiger partial charge in [-0.05, 0) is 31.6 Å². The van der Waals surface area contributed by atoms with Crippen LogP contribution in [0.2, 0.25) is 0 Å². The molecule has 1 unspecified atom stereocenters. The normalized spacial score (nSPS) is 24.5. The van der Waals surface area contributed by atoms with Crippen molar-refractivity contribution in [2.45, 2.75) is 39.0 Å². The molecule has 0 fully saturated rings. The van der Waals surface area contributed by atoms with Crippen molar-refractivity contribution in [3.8, 4) is 0 Å². The zero-order valence-electron chi connectivity index (χ0n) is 7.18. The molecule has 1 heteroatoms. The van der Waals surface area contributed by atoms with Crippen molar-refractivity contribution in [1.82, 2.24) is 0 Å². The van der Waals surface area contributed by atoms with Gasteiger partial charge in [-0.2, -0.15) is 0 Å². The van der Waals surface area contributed by atoms with Gasteiger partial charge in [0, 0.05) is 6.42 Å². The zero-order valence-corrected chi connectivity index (χ0v) is 7.18. The van der Waals surface area contributed by atoms with Gasteiger partial charge in [0.1, 0.15) is 6.29 Å². The molecule has 0 amide bonds. The molecule has 1 aliphatic carbocycles. The van der Waals surface area contributed by atoms with Crippen LogP contribution in [-0.2, 0) is 4.79 Å². The summed E-state index contributed by atoms with van der Waals surface area (Å²) < 4.78 is 0. The van der Waals surface area contributed by atoms with Gasteiger partial charge in [-0.25, -0.2) is 0 Å². The number of hydrogen-bond acceptors (Lipinski definition) is 1. The lowest BCUT2D eigenvalue weighted by molar-refractivity contribution is -0.108. The summed E-state index contributed by atoms with van der Waals surface area (Å²) in [5.74, 6) is 0.646. The van der Waals surface area contributed by atoms with Crippen LogP contribution >= 0.6 is 0 Å². The molecule has 0 aromatic rings. The van der Waals surface area contributed by atoms with E-state index in [4.69, 9.17) is 0 Å². The second-order valence-electron chi connectivity index (χ2n) is 3.27. The minimum atomic E-state index is 0.646. The summed E-state index contributed by atoms with van der Waals surface area (Å²) in [4.78, 5) is 10.2. The van der Waals surface area contributed by atoms with E-state index in [1.54, 1.807) is 5.57 Å². The lowest BCUT2D eigenvalue weighted by Gasteiger charge is -2.19. The maximum absolute atomic E-state index is 10.2. The van der Waals surface area contributed by atoms with E-state index in [0.717, 1.165) is 25.5 Å². The van der Waals surface area contributed by atoms with Crippen molar-refractivity contribution in [3.05, 3.63) is 11.6 Å². The Bertz CT molecular complexity index is 158. The number of hydrogen-bond donors (Lipinski definition) is 0. The molecule has 1 aliphatic rings. The van der Waals surface area contributed by atoms with Gasteiger partial charge < -0.3 is 4.79 Å². The molecule has 0 heterocycles. The van der Waals surface area contributed by atoms with E-state index in [2.05, 4.69) is 13.0 Å². The second kappa shape index (κ2) is 4.32. The summed E-state index contributed by atoms with van der Waals surface area (Å²) in [6.07, 6.45) is 8.87. The van der Waals surface area contributed by atoms with E-state index in [9.17, 15) is 4.79 Å². The Morgan fingerprint density at radius 2 is 2.55 bits per heavy atom. The predicted molar refractivity (Wildman–Crippen MR) is 46.4 cm³/mol. The summed E-state index contributed by atoms with van der Waals surface area (Å²) in [6, 6.07) is 0. The maximum atomic E-state index is 10.2. The van der Waals surface area contributed by atoms with Gasteiger partial charge >= 0.3 is 0 Å². The summed E-state index contributed by atoms with van der Waals surface area (Å²) in [5, 5.41) is 0. The lowest BCUT2D eigenvalue weighted by atomic mass is 9.86. The fourth-order valence-electron chi connectivity index (χ4n) is 1.71. The highest BCUT2D eigenvalue weighted by Gasteiger charge is 2.13. The third-order valence-corrected chi connectivity index (χ3v) is 2.44. The van der Waals surface area contributed by atoms with Gasteiger partial charge in [-0.1, -0.05) is 18.6 Å². The molecule has 0 saturated carbocycles. The van der Waals surface area contributed by atoms with Crippen molar-refractivity contribution >= 4 is 6.29 Å². The van der Waals surface area contributed by atoms with Crippen molar-refractivity contribution < 1.29 is 4.79 Å². The smallest absolute Gasteiger partial charge is 0.120 e. The fraction of sp³-hybridized carbons (Fsp3) is 0.700. The van der Waals surface area contributed by atoms with Crippen LogP contribution in [0.25, 0.3) is 0 Å². The Hall–Kier alpha value is -0.590. The first-order chi connectivity index (χ1) is 5.36. The third-order valence-electron chi connectivity index (χ3n) is 2.44. The molecule has 0 spiro atoms. The molecule has 1 nitrogen and oxygen atoms in total. The molecule has 1 rings (SSSR count). The highest BCUT2D eigenvalue weighted by Crippen LogP contribution is 2.27. The third kappa shape index (κ3) is 2.49. The van der Waals surface area contributed by atoms with Crippen LogP contribution < -0.4 is 0 Å². The molecule has 0 aromatic heterocycles. The summed E-state index contributed by atoms with van der Waals surface area (Å²) >= 11 is 0. The molecule has 62 valence electrons. The molecular weight excluding hydrogens is 136 g/mol. The topological polar surface area (TPSA) is 17.1 Å². The Labute approximate surface area is 68.5 Å². The largest absolute Gasteiger partial charge is 0.303 e. The van der Waals surface area contributed by atoms with E-state index in [1.165, 1.54) is 12.8 Å². The molecule has 0 aliphatic heterocycles. The van der Waals surface area contributed by atoms with Crippen molar-refractivity contribution in [1.29, 1.82) is 0 Å². The van der Waals surface area contributed by atoms with Crippen LogP contribution in [0, 0.1) is 5.92 Å². The van der Waals surface area contributed by atoms with Crippen molar-refractivity contribution in [2.75, 3.05) is 0 Å². The SMILES string of the molecule is CCC1=CCCC(CC=O)C1. The monoisotopic (exact) mass is 152 g/mol. The summed E-state index contributed by atoms with van der Waals surface area (Å²) in [6.45, 7) is 2.19. The first-order valence-corrected chi connectivity index (χ1v) is 4.48. The molecule has 0 N–H and O–H groups in total. The van der Waals surface area contributed by atoms with Gasteiger partial charge in [-0.15, -0.1) is 0 Å². The highest BCUT2D eigenvalue weighted by atomic mass is 16.1. The van der Waals surface area contributed by atoms with Gasteiger partial charge in [0.15, 0.2) is 0 Å². The van der Waals surface area contributed by atoms with Gasteiger partial charge in [0.2, 0.25) is 0 Å². The molecular formula is C10H16O. The zero-order chi connectivity index (χ0) is 8.10. The number of carbonyl (C=O) groups is 1. The maximum Gasteiger partial charge on any atom is 0.120 e.